The van der Waals surface area contributed by atoms with E-state index in [-0.39, 0.29) is 6.04 Å². The van der Waals surface area contributed by atoms with Crippen LogP contribution in [-0.4, -0.2) is 30.6 Å². The Morgan fingerprint density at radius 3 is 2.55 bits per heavy atom. The molecule has 0 radical (unpaired) electrons. The molecule has 1 aromatic rings. The van der Waals surface area contributed by atoms with Crippen LogP contribution >= 0.6 is 15.9 Å². The van der Waals surface area contributed by atoms with Gasteiger partial charge in [-0.3, -0.25) is 0 Å². The van der Waals surface area contributed by atoms with E-state index in [1.54, 1.807) is 16.4 Å². The van der Waals surface area contributed by atoms with Crippen molar-refractivity contribution in [3.63, 3.8) is 0 Å². The summed E-state index contributed by atoms with van der Waals surface area (Å²) in [6.07, 6.45) is 7.10. The molecule has 0 heterocycles. The van der Waals surface area contributed by atoms with Crippen LogP contribution in [0.1, 0.15) is 24.8 Å². The summed E-state index contributed by atoms with van der Waals surface area (Å²) in [5.41, 5.74) is 1.06. The molecule has 0 saturated heterocycles. The van der Waals surface area contributed by atoms with Crippen molar-refractivity contribution >= 4 is 26.0 Å². The average Bonchev–Trinajstić information content (AvgIpc) is 2.46. The number of benzene rings is 1. The number of nitrogens with zero attached hydrogens (tertiary/aromatic N) is 1. The van der Waals surface area contributed by atoms with Crippen molar-refractivity contribution in [2.75, 3.05) is 11.9 Å². The Bertz CT molecular complexity index is 566. The summed E-state index contributed by atoms with van der Waals surface area (Å²) in [5, 5.41) is 0.641. The van der Waals surface area contributed by atoms with Gasteiger partial charge < -0.3 is 0 Å². The molecule has 0 amide bonds. The summed E-state index contributed by atoms with van der Waals surface area (Å²) < 4.78 is 27.2. The van der Waals surface area contributed by atoms with Crippen LogP contribution in [0.25, 0.3) is 0 Å². The predicted octanol–water partition coefficient (Wildman–Crippen LogP) is 3.49. The third kappa shape index (κ3) is 3.51. The van der Waals surface area contributed by atoms with Crippen LogP contribution in [0.5, 0.6) is 0 Å². The molecule has 0 bridgehead atoms. The Labute approximate surface area is 129 Å². The molecule has 1 aromatic carbocycles. The smallest absolute Gasteiger partial charge is 0.207 e. The highest BCUT2D eigenvalue weighted by molar-refractivity contribution is 9.09. The molecule has 1 aliphatic rings. The number of hydrogen-bond donors (Lipinski definition) is 0. The van der Waals surface area contributed by atoms with Crippen molar-refractivity contribution in [3.05, 3.63) is 42.0 Å². The summed E-state index contributed by atoms with van der Waals surface area (Å²) in [4.78, 5) is 0.378. The van der Waals surface area contributed by atoms with Crippen molar-refractivity contribution in [3.8, 4) is 0 Å². The number of halogens is 1. The van der Waals surface area contributed by atoms with Gasteiger partial charge in [-0.05, 0) is 38.3 Å². The van der Waals surface area contributed by atoms with E-state index in [9.17, 15) is 8.42 Å². The van der Waals surface area contributed by atoms with Crippen LogP contribution in [0.2, 0.25) is 0 Å². The maximum absolute atomic E-state index is 12.8. The summed E-state index contributed by atoms with van der Waals surface area (Å²) >= 11 is 3.36. The van der Waals surface area contributed by atoms with Gasteiger partial charge in [0.2, 0.25) is 10.0 Å². The van der Waals surface area contributed by atoms with E-state index in [4.69, 9.17) is 0 Å². The van der Waals surface area contributed by atoms with Gasteiger partial charge in [-0.25, -0.2) is 8.42 Å². The van der Waals surface area contributed by atoms with Crippen molar-refractivity contribution in [2.24, 2.45) is 0 Å². The lowest BCUT2D eigenvalue weighted by molar-refractivity contribution is 0.352. The first-order valence-electron chi connectivity index (χ1n) is 6.87. The molecule has 3 nitrogen and oxygen atoms in total. The third-order valence-corrected chi connectivity index (χ3v) is 5.82. The normalized spacial score (nSPS) is 19.4. The Kier molecular flexibility index (Phi) is 5.41. The van der Waals surface area contributed by atoms with Crippen LogP contribution in [0, 0.1) is 6.92 Å². The van der Waals surface area contributed by atoms with Gasteiger partial charge in [-0.15, -0.1) is 0 Å². The van der Waals surface area contributed by atoms with Gasteiger partial charge in [-0.1, -0.05) is 45.8 Å². The molecule has 20 heavy (non-hydrogen) atoms. The highest BCUT2D eigenvalue weighted by atomic mass is 79.9. The van der Waals surface area contributed by atoms with Crippen LogP contribution in [-0.2, 0) is 10.0 Å². The van der Waals surface area contributed by atoms with Gasteiger partial charge in [0.1, 0.15) is 0 Å². The molecule has 0 spiro atoms. The van der Waals surface area contributed by atoms with Crippen LogP contribution in [0.15, 0.2) is 41.3 Å². The molecule has 0 aromatic heterocycles. The Morgan fingerprint density at radius 2 is 2.00 bits per heavy atom. The fraction of sp³-hybridized carbons (Fsp3) is 0.467. The van der Waals surface area contributed by atoms with Gasteiger partial charge in [0.15, 0.2) is 0 Å². The second-order valence-corrected chi connectivity index (χ2v) is 7.73. The maximum Gasteiger partial charge on any atom is 0.243 e. The topological polar surface area (TPSA) is 37.4 Å². The number of alkyl halides is 1. The Balaban J connectivity index is 2.33. The quantitative estimate of drug-likeness (QED) is 0.597. The summed E-state index contributed by atoms with van der Waals surface area (Å²) in [6, 6.07) is 7.05. The molecule has 1 unspecified atom stereocenters. The first-order chi connectivity index (χ1) is 9.55. The molecule has 0 fully saturated rings. The Hall–Kier alpha value is -0.650. The predicted molar refractivity (Wildman–Crippen MR) is 85.6 cm³/mol. The molecule has 0 N–H and O–H groups in total. The van der Waals surface area contributed by atoms with Crippen LogP contribution in [0.3, 0.4) is 0 Å². The molecule has 110 valence electrons. The first kappa shape index (κ1) is 15.7. The van der Waals surface area contributed by atoms with E-state index in [0.717, 1.165) is 24.8 Å². The van der Waals surface area contributed by atoms with E-state index in [0.29, 0.717) is 16.8 Å². The zero-order valence-corrected chi connectivity index (χ0v) is 14.0. The highest BCUT2D eigenvalue weighted by Gasteiger charge is 2.30. The van der Waals surface area contributed by atoms with Crippen molar-refractivity contribution in [2.45, 2.75) is 37.1 Å². The number of aryl methyl sites for hydroxylation is 1. The first-order valence-corrected chi connectivity index (χ1v) is 9.43. The second kappa shape index (κ2) is 6.87. The lowest BCUT2D eigenvalue weighted by Crippen LogP contribution is -2.41. The highest BCUT2D eigenvalue weighted by Crippen LogP contribution is 2.24. The minimum absolute atomic E-state index is 0.0207. The third-order valence-electron chi connectivity index (χ3n) is 3.53. The van der Waals surface area contributed by atoms with Gasteiger partial charge in [0.05, 0.1) is 4.90 Å². The van der Waals surface area contributed by atoms with Crippen molar-refractivity contribution in [1.82, 2.24) is 4.31 Å². The average molecular weight is 358 g/mol. The van der Waals surface area contributed by atoms with E-state index in [1.807, 2.05) is 25.1 Å². The van der Waals surface area contributed by atoms with Crippen LogP contribution in [0.4, 0.5) is 0 Å². The van der Waals surface area contributed by atoms with E-state index in [2.05, 4.69) is 22.0 Å². The van der Waals surface area contributed by atoms with Crippen LogP contribution < -0.4 is 0 Å². The Morgan fingerprint density at radius 1 is 1.30 bits per heavy atom. The summed E-state index contributed by atoms with van der Waals surface area (Å²) in [6.45, 7) is 2.45. The fourth-order valence-electron chi connectivity index (χ4n) is 2.43. The van der Waals surface area contributed by atoms with Gasteiger partial charge >= 0.3 is 0 Å². The molecular weight excluding hydrogens is 338 g/mol. The number of allylic oxidation sites excluding steroid dienone is 1. The molecule has 0 saturated carbocycles. The molecule has 0 aliphatic heterocycles. The minimum Gasteiger partial charge on any atom is -0.207 e. The maximum atomic E-state index is 12.8. The van der Waals surface area contributed by atoms with Crippen molar-refractivity contribution < 1.29 is 8.42 Å². The van der Waals surface area contributed by atoms with Crippen molar-refractivity contribution in [1.29, 1.82) is 0 Å². The largest absolute Gasteiger partial charge is 0.243 e. The SMILES string of the molecule is Cc1ccc(S(=O)(=O)N(CCBr)C2C=CCCC2)cc1. The zero-order valence-electron chi connectivity index (χ0n) is 11.6. The summed E-state index contributed by atoms with van der Waals surface area (Å²) in [5.74, 6) is 0. The zero-order chi connectivity index (χ0) is 14.6. The minimum atomic E-state index is -3.43. The standard InChI is InChI=1S/C15H20BrNO2S/c1-13-7-9-15(10-8-13)20(18,19)17(12-11-16)14-5-3-2-4-6-14/h3,5,7-10,14H,2,4,6,11-12H2,1H3. The number of rotatable bonds is 5. The van der Waals surface area contributed by atoms with Gasteiger partial charge in [-0.2, -0.15) is 4.31 Å². The fourth-order valence-corrected chi connectivity index (χ4v) is 4.66. The van der Waals surface area contributed by atoms with E-state index in [1.165, 1.54) is 0 Å². The monoisotopic (exact) mass is 357 g/mol. The second-order valence-electron chi connectivity index (χ2n) is 5.04. The molecular formula is C15H20BrNO2S. The van der Waals surface area contributed by atoms with E-state index >= 15 is 0 Å². The summed E-state index contributed by atoms with van der Waals surface area (Å²) in [7, 11) is -3.43. The van der Waals surface area contributed by atoms with Gasteiger partial charge in [0.25, 0.3) is 0 Å². The lowest BCUT2D eigenvalue weighted by atomic mass is 10.0. The molecule has 1 atom stereocenters. The molecule has 1 aliphatic carbocycles. The van der Waals surface area contributed by atoms with E-state index < -0.39 is 10.0 Å². The number of hydrogen-bond acceptors (Lipinski definition) is 2. The molecule has 2 rings (SSSR count). The van der Waals surface area contributed by atoms with Gasteiger partial charge in [0, 0.05) is 17.9 Å². The number of sulfonamides is 1. The molecule has 5 heteroatoms. The lowest BCUT2D eigenvalue weighted by Gasteiger charge is -2.30.